The second-order valence-corrected chi connectivity index (χ2v) is 5.40. The molecule has 10 nitrogen and oxygen atoms in total. The lowest BCUT2D eigenvalue weighted by atomic mass is 9.99. The maximum Gasteiger partial charge on any atom is 0.335 e. The van der Waals surface area contributed by atoms with Gasteiger partial charge in [0.25, 0.3) is 0 Å². The minimum Gasteiger partial charge on any atom is -0.493 e. The van der Waals surface area contributed by atoms with Gasteiger partial charge in [0.1, 0.15) is 18.3 Å². The lowest BCUT2D eigenvalue weighted by molar-refractivity contribution is -0.271. The Balaban J connectivity index is 2.22. The third kappa shape index (κ3) is 4.17. The van der Waals surface area contributed by atoms with Crippen LogP contribution in [0.1, 0.15) is 6.92 Å². The number of carbonyl (C=O) groups excluding carboxylic acids is 1. The summed E-state index contributed by atoms with van der Waals surface area (Å²) in [5.41, 5.74) is 0.431. The average molecular weight is 357 g/mol. The fraction of sp³-hybridized carbons (Fsp3) is 0.467. The third-order valence-corrected chi connectivity index (χ3v) is 3.54. The highest BCUT2D eigenvalue weighted by molar-refractivity contribution is 5.89. The van der Waals surface area contributed by atoms with Gasteiger partial charge in [-0.3, -0.25) is 4.79 Å². The van der Waals surface area contributed by atoms with Crippen molar-refractivity contribution in [2.24, 2.45) is 0 Å². The number of hydrogen-bond donors (Lipinski definition) is 5. The quantitative estimate of drug-likeness (QED) is 0.443. The smallest absolute Gasteiger partial charge is 0.335 e. The number of aliphatic hydroxyl groups is 3. The molecule has 0 spiro atoms. The molecule has 1 amide bonds. The normalized spacial score (nSPS) is 28.9. The summed E-state index contributed by atoms with van der Waals surface area (Å²) in [6, 6.07) is 4.35. The van der Waals surface area contributed by atoms with Crippen molar-refractivity contribution in [2.75, 3.05) is 12.4 Å². The molecule has 138 valence electrons. The molecule has 0 saturated carbocycles. The van der Waals surface area contributed by atoms with Crippen LogP contribution in [0.3, 0.4) is 0 Å². The van der Waals surface area contributed by atoms with Crippen molar-refractivity contribution < 1.29 is 44.2 Å². The number of aliphatic hydroxyl groups excluding tert-OH is 3. The fourth-order valence-corrected chi connectivity index (χ4v) is 2.32. The minimum atomic E-state index is -1.81. The van der Waals surface area contributed by atoms with E-state index in [0.717, 1.165) is 0 Å². The number of carboxylic acids is 1. The van der Waals surface area contributed by atoms with Gasteiger partial charge in [0.05, 0.1) is 7.11 Å². The summed E-state index contributed by atoms with van der Waals surface area (Å²) in [5, 5.41) is 41.0. The number of carbonyl (C=O) groups is 2. The Hall–Kier alpha value is -2.40. The second-order valence-electron chi connectivity index (χ2n) is 5.40. The Morgan fingerprint density at radius 1 is 1.12 bits per heavy atom. The number of carboxylic acid groups (broad SMARTS) is 1. The van der Waals surface area contributed by atoms with Gasteiger partial charge in [-0.1, -0.05) is 0 Å². The first-order chi connectivity index (χ1) is 11.7. The molecule has 0 bridgehead atoms. The van der Waals surface area contributed by atoms with Gasteiger partial charge in [-0.05, 0) is 12.1 Å². The summed E-state index contributed by atoms with van der Waals surface area (Å²) < 4.78 is 15.6. The molecular weight excluding hydrogens is 338 g/mol. The van der Waals surface area contributed by atoms with Crippen LogP contribution in [0.4, 0.5) is 5.69 Å². The number of ether oxygens (including phenoxy) is 3. The predicted octanol–water partition coefficient (Wildman–Crippen LogP) is -1.08. The topological polar surface area (TPSA) is 155 Å². The van der Waals surface area contributed by atoms with E-state index in [2.05, 4.69) is 5.32 Å². The monoisotopic (exact) mass is 357 g/mol. The first-order valence-corrected chi connectivity index (χ1v) is 7.29. The SMILES string of the molecule is COc1cc(NC(C)=O)ccc1O[C@@H]1O[C@H](C(=O)O)[C@@H](O)[C@H](O)[C@H]1O. The molecule has 0 unspecified atom stereocenters. The zero-order valence-corrected chi connectivity index (χ0v) is 13.4. The van der Waals surface area contributed by atoms with Crippen LogP contribution in [-0.4, -0.2) is 70.1 Å². The summed E-state index contributed by atoms with van der Waals surface area (Å²) in [5.74, 6) is -1.55. The Morgan fingerprint density at radius 3 is 2.36 bits per heavy atom. The molecule has 0 aromatic heterocycles. The summed E-state index contributed by atoms with van der Waals surface area (Å²) >= 11 is 0. The molecule has 1 aliphatic heterocycles. The van der Waals surface area contributed by atoms with Gasteiger partial charge in [-0.2, -0.15) is 0 Å². The third-order valence-electron chi connectivity index (χ3n) is 3.54. The Kier molecular flexibility index (Phi) is 5.80. The highest BCUT2D eigenvalue weighted by Gasteiger charge is 2.48. The molecule has 1 aliphatic rings. The van der Waals surface area contributed by atoms with Crippen LogP contribution in [0.15, 0.2) is 18.2 Å². The van der Waals surface area contributed by atoms with Crippen molar-refractivity contribution in [3.63, 3.8) is 0 Å². The van der Waals surface area contributed by atoms with Crippen LogP contribution in [0.5, 0.6) is 11.5 Å². The molecule has 25 heavy (non-hydrogen) atoms. The lowest BCUT2D eigenvalue weighted by Crippen LogP contribution is -2.61. The van der Waals surface area contributed by atoms with E-state index in [1.165, 1.54) is 32.2 Å². The minimum absolute atomic E-state index is 0.0772. The second kappa shape index (κ2) is 7.66. The van der Waals surface area contributed by atoms with Crippen molar-refractivity contribution in [1.82, 2.24) is 0 Å². The number of benzene rings is 1. The average Bonchev–Trinajstić information content (AvgIpc) is 2.55. The van der Waals surface area contributed by atoms with E-state index in [-0.39, 0.29) is 17.4 Å². The van der Waals surface area contributed by atoms with Gasteiger partial charge in [0, 0.05) is 18.7 Å². The molecule has 1 fully saturated rings. The summed E-state index contributed by atoms with van der Waals surface area (Å²) in [4.78, 5) is 22.2. The first-order valence-electron chi connectivity index (χ1n) is 7.29. The molecule has 5 atom stereocenters. The molecule has 2 rings (SSSR count). The highest BCUT2D eigenvalue weighted by Crippen LogP contribution is 2.33. The Labute approximate surface area is 142 Å². The maximum absolute atomic E-state index is 11.1. The van der Waals surface area contributed by atoms with E-state index in [4.69, 9.17) is 19.3 Å². The lowest BCUT2D eigenvalue weighted by Gasteiger charge is -2.38. The molecule has 1 saturated heterocycles. The van der Waals surface area contributed by atoms with Crippen LogP contribution >= 0.6 is 0 Å². The van der Waals surface area contributed by atoms with E-state index in [1.54, 1.807) is 0 Å². The largest absolute Gasteiger partial charge is 0.493 e. The number of nitrogens with one attached hydrogen (secondary N) is 1. The highest BCUT2D eigenvalue weighted by atomic mass is 16.7. The molecule has 1 heterocycles. The first kappa shape index (κ1) is 18.9. The maximum atomic E-state index is 11.1. The van der Waals surface area contributed by atoms with Gasteiger partial charge in [-0.15, -0.1) is 0 Å². The van der Waals surface area contributed by atoms with Crippen LogP contribution < -0.4 is 14.8 Å². The van der Waals surface area contributed by atoms with Gasteiger partial charge < -0.3 is 40.0 Å². The number of aliphatic carboxylic acids is 1. The summed E-state index contributed by atoms with van der Waals surface area (Å²) in [6.07, 6.45) is -8.60. The summed E-state index contributed by atoms with van der Waals surface area (Å²) in [7, 11) is 1.34. The zero-order chi connectivity index (χ0) is 18.7. The van der Waals surface area contributed by atoms with E-state index >= 15 is 0 Å². The molecule has 10 heteroatoms. The molecule has 1 aromatic rings. The van der Waals surface area contributed by atoms with E-state index < -0.39 is 36.7 Å². The van der Waals surface area contributed by atoms with E-state index in [0.29, 0.717) is 5.69 Å². The fourth-order valence-electron chi connectivity index (χ4n) is 2.32. The van der Waals surface area contributed by atoms with Gasteiger partial charge >= 0.3 is 5.97 Å². The standard InChI is InChI=1S/C15H19NO9/c1-6(17)16-7-3-4-8(9(5-7)23-2)24-15-12(20)10(18)11(19)13(25-15)14(21)22/h3-5,10-13,15,18-20H,1-2H3,(H,16,17)(H,21,22)/t10-,11-,12+,13-,15+/m0/s1. The number of amides is 1. The predicted molar refractivity (Wildman–Crippen MR) is 82.2 cm³/mol. The number of hydrogen-bond acceptors (Lipinski definition) is 8. The van der Waals surface area contributed by atoms with Crippen molar-refractivity contribution in [1.29, 1.82) is 0 Å². The van der Waals surface area contributed by atoms with Crippen molar-refractivity contribution in [3.8, 4) is 11.5 Å². The molecule has 0 aliphatic carbocycles. The molecule has 1 aromatic carbocycles. The zero-order valence-electron chi connectivity index (χ0n) is 13.4. The van der Waals surface area contributed by atoms with Crippen molar-refractivity contribution in [3.05, 3.63) is 18.2 Å². The van der Waals surface area contributed by atoms with E-state index in [9.17, 15) is 24.9 Å². The van der Waals surface area contributed by atoms with Gasteiger partial charge in [0.15, 0.2) is 17.6 Å². The van der Waals surface area contributed by atoms with Crippen molar-refractivity contribution >= 4 is 17.6 Å². The number of anilines is 1. The van der Waals surface area contributed by atoms with Gasteiger partial charge in [0.2, 0.25) is 12.2 Å². The summed E-state index contributed by atoms with van der Waals surface area (Å²) in [6.45, 7) is 1.34. The molecular formula is C15H19NO9. The van der Waals surface area contributed by atoms with Crippen LogP contribution in [0.2, 0.25) is 0 Å². The van der Waals surface area contributed by atoms with Crippen LogP contribution in [0, 0.1) is 0 Å². The molecule has 0 radical (unpaired) electrons. The van der Waals surface area contributed by atoms with Crippen molar-refractivity contribution in [2.45, 2.75) is 37.6 Å². The Bertz CT molecular complexity index is 650. The van der Waals surface area contributed by atoms with Gasteiger partial charge in [-0.25, -0.2) is 4.79 Å². The number of rotatable bonds is 5. The van der Waals surface area contributed by atoms with Crippen LogP contribution in [-0.2, 0) is 14.3 Å². The number of methoxy groups -OCH3 is 1. The Morgan fingerprint density at radius 2 is 1.80 bits per heavy atom. The molecule has 5 N–H and O–H groups in total. The van der Waals surface area contributed by atoms with Crippen LogP contribution in [0.25, 0.3) is 0 Å². The van der Waals surface area contributed by atoms with E-state index in [1.807, 2.05) is 0 Å².